The number of benzene rings is 2. The molecule has 3 N–H and O–H groups in total. The molecule has 1 aliphatic rings. The lowest BCUT2D eigenvalue weighted by Gasteiger charge is -2.35. The second-order valence-electron chi connectivity index (χ2n) is 6.24. The van der Waals surface area contributed by atoms with Gasteiger partial charge in [0.15, 0.2) is 0 Å². The molecule has 0 aliphatic heterocycles. The minimum Gasteiger partial charge on any atom is -0.508 e. The van der Waals surface area contributed by atoms with Crippen LogP contribution >= 0.6 is 0 Å². The van der Waals surface area contributed by atoms with Gasteiger partial charge in [-0.2, -0.15) is 0 Å². The number of amides is 1. The first kappa shape index (κ1) is 16.2. The Hall–Kier alpha value is -2.69. The van der Waals surface area contributed by atoms with Crippen molar-refractivity contribution in [3.63, 3.8) is 0 Å². The zero-order valence-corrected chi connectivity index (χ0v) is 13.3. The van der Waals surface area contributed by atoms with Crippen molar-refractivity contribution in [1.82, 2.24) is 0 Å². The molecule has 0 atom stereocenters. The Kier molecular flexibility index (Phi) is 4.60. The molecule has 1 aliphatic carbocycles. The fourth-order valence-electron chi connectivity index (χ4n) is 3.59. The Bertz CT molecular complexity index is 709. The molecule has 24 heavy (non-hydrogen) atoms. The van der Waals surface area contributed by atoms with Gasteiger partial charge in [-0.05, 0) is 55.4 Å². The third-order valence-corrected chi connectivity index (χ3v) is 4.76. The van der Waals surface area contributed by atoms with Crippen LogP contribution in [0.5, 0.6) is 11.5 Å². The molecule has 2 aromatic carbocycles. The molecular weight excluding hydrogens is 306 g/mol. The first-order chi connectivity index (χ1) is 11.6. The molecule has 1 saturated carbocycles. The van der Waals surface area contributed by atoms with Crippen LogP contribution in [-0.2, 0) is 0 Å². The molecule has 0 aromatic heterocycles. The highest BCUT2D eigenvalue weighted by molar-refractivity contribution is 5.86. The van der Waals surface area contributed by atoms with Gasteiger partial charge in [0.05, 0.1) is 0 Å². The van der Waals surface area contributed by atoms with E-state index in [4.69, 9.17) is 0 Å². The van der Waals surface area contributed by atoms with Gasteiger partial charge in [0, 0.05) is 17.8 Å². The number of hydrogen-bond donors (Lipinski definition) is 3. The van der Waals surface area contributed by atoms with E-state index in [1.807, 2.05) is 30.3 Å². The number of rotatable bonds is 3. The maximum atomic E-state index is 11.7. The fraction of sp³-hybridized carbons (Fsp3) is 0.316. The number of carbonyl (C=O) groups is 1. The minimum absolute atomic E-state index is 0.0473. The van der Waals surface area contributed by atoms with Gasteiger partial charge in [0.2, 0.25) is 0 Å². The Labute approximate surface area is 140 Å². The van der Waals surface area contributed by atoms with E-state index in [1.54, 1.807) is 12.1 Å². The average Bonchev–Trinajstić information content (AvgIpc) is 2.57. The summed E-state index contributed by atoms with van der Waals surface area (Å²) in [7, 11) is 0. The van der Waals surface area contributed by atoms with Crippen LogP contribution in [0.25, 0.3) is 0 Å². The van der Waals surface area contributed by atoms with E-state index in [2.05, 4.69) is 0 Å². The van der Waals surface area contributed by atoms with E-state index >= 15 is 0 Å². The van der Waals surface area contributed by atoms with Crippen molar-refractivity contribution in [3.05, 3.63) is 54.1 Å². The molecule has 5 nitrogen and oxygen atoms in total. The van der Waals surface area contributed by atoms with Gasteiger partial charge < -0.3 is 15.3 Å². The van der Waals surface area contributed by atoms with Gasteiger partial charge in [-0.1, -0.05) is 24.3 Å². The van der Waals surface area contributed by atoms with Gasteiger partial charge in [-0.15, -0.1) is 0 Å². The molecule has 0 unspecified atom stereocenters. The normalized spacial score (nSPS) is 20.5. The largest absolute Gasteiger partial charge is 0.508 e. The predicted molar refractivity (Wildman–Crippen MR) is 91.7 cm³/mol. The number of hydrogen-bond acceptors (Lipinski definition) is 3. The zero-order chi connectivity index (χ0) is 17.1. The zero-order valence-electron chi connectivity index (χ0n) is 13.3. The Morgan fingerprint density at radius 3 is 2.21 bits per heavy atom. The molecule has 0 bridgehead atoms. The molecule has 0 heterocycles. The highest BCUT2D eigenvalue weighted by atomic mass is 16.4. The Balaban J connectivity index is 1.72. The van der Waals surface area contributed by atoms with Gasteiger partial charge in [-0.3, -0.25) is 4.90 Å². The van der Waals surface area contributed by atoms with Crippen molar-refractivity contribution in [3.8, 4) is 11.5 Å². The van der Waals surface area contributed by atoms with Crippen LogP contribution in [-0.4, -0.2) is 27.5 Å². The fourth-order valence-corrected chi connectivity index (χ4v) is 3.59. The van der Waals surface area contributed by atoms with Crippen molar-refractivity contribution >= 4 is 11.8 Å². The smallest absolute Gasteiger partial charge is 0.412 e. The van der Waals surface area contributed by atoms with E-state index in [-0.39, 0.29) is 23.5 Å². The van der Waals surface area contributed by atoms with Crippen LogP contribution in [0.1, 0.15) is 37.2 Å². The van der Waals surface area contributed by atoms with Crippen LogP contribution in [0.15, 0.2) is 48.5 Å². The number of phenols is 2. The van der Waals surface area contributed by atoms with Crippen molar-refractivity contribution < 1.29 is 20.1 Å². The molecule has 1 amide bonds. The number of anilines is 1. The summed E-state index contributed by atoms with van der Waals surface area (Å²) in [6.45, 7) is 0. The first-order valence-corrected chi connectivity index (χ1v) is 8.15. The molecule has 0 spiro atoms. The number of para-hydroxylation sites is 1. The third kappa shape index (κ3) is 3.30. The maximum absolute atomic E-state index is 11.7. The summed E-state index contributed by atoms with van der Waals surface area (Å²) in [5, 5.41) is 29.0. The van der Waals surface area contributed by atoms with Crippen molar-refractivity contribution in [2.24, 2.45) is 0 Å². The molecule has 1 fully saturated rings. The van der Waals surface area contributed by atoms with E-state index in [0.29, 0.717) is 5.69 Å². The predicted octanol–water partition coefficient (Wildman–Crippen LogP) is 4.31. The molecule has 0 radical (unpaired) electrons. The molecule has 2 aromatic rings. The molecule has 5 heteroatoms. The second kappa shape index (κ2) is 6.83. The van der Waals surface area contributed by atoms with Crippen molar-refractivity contribution in [2.75, 3.05) is 4.90 Å². The summed E-state index contributed by atoms with van der Waals surface area (Å²) in [5.41, 5.74) is 1.52. The van der Waals surface area contributed by atoms with Crippen LogP contribution in [0.2, 0.25) is 0 Å². The summed E-state index contributed by atoms with van der Waals surface area (Å²) >= 11 is 0. The van der Waals surface area contributed by atoms with E-state index < -0.39 is 6.09 Å². The van der Waals surface area contributed by atoms with E-state index in [1.165, 1.54) is 11.0 Å². The standard InChI is InChI=1S/C19H21NO4/c21-16-10-11-17(18(22)12-16)13-6-8-15(9-7-13)20(19(23)24)14-4-2-1-3-5-14/h1-5,10-13,15,21-22H,6-9H2,(H,23,24). The van der Waals surface area contributed by atoms with Gasteiger partial charge in [-0.25, -0.2) is 4.79 Å². The minimum atomic E-state index is -0.933. The highest BCUT2D eigenvalue weighted by Gasteiger charge is 2.31. The summed E-state index contributed by atoms with van der Waals surface area (Å²) < 4.78 is 0. The molecular formula is C19H21NO4. The number of carboxylic acid groups (broad SMARTS) is 1. The van der Waals surface area contributed by atoms with Crippen molar-refractivity contribution in [2.45, 2.75) is 37.6 Å². The first-order valence-electron chi connectivity index (χ1n) is 8.15. The van der Waals surface area contributed by atoms with E-state index in [9.17, 15) is 20.1 Å². The van der Waals surface area contributed by atoms with Crippen LogP contribution in [0.4, 0.5) is 10.5 Å². The van der Waals surface area contributed by atoms with Crippen LogP contribution < -0.4 is 4.90 Å². The summed E-state index contributed by atoms with van der Waals surface area (Å²) in [6.07, 6.45) is 2.16. The summed E-state index contributed by atoms with van der Waals surface area (Å²) in [6, 6.07) is 13.8. The topological polar surface area (TPSA) is 81.0 Å². The monoisotopic (exact) mass is 327 g/mol. The Morgan fingerprint density at radius 1 is 0.958 bits per heavy atom. The van der Waals surface area contributed by atoms with Crippen LogP contribution in [0.3, 0.4) is 0 Å². The number of aromatic hydroxyl groups is 2. The maximum Gasteiger partial charge on any atom is 0.412 e. The second-order valence-corrected chi connectivity index (χ2v) is 6.24. The quantitative estimate of drug-likeness (QED) is 0.784. The van der Waals surface area contributed by atoms with Gasteiger partial charge >= 0.3 is 6.09 Å². The lowest BCUT2D eigenvalue weighted by atomic mass is 9.81. The van der Waals surface area contributed by atoms with Gasteiger partial charge in [0.25, 0.3) is 0 Å². The SMILES string of the molecule is O=C(O)N(c1ccccc1)C1CCC(c2ccc(O)cc2O)CC1. The van der Waals surface area contributed by atoms with Crippen LogP contribution in [0, 0.1) is 0 Å². The highest BCUT2D eigenvalue weighted by Crippen LogP contribution is 2.40. The number of nitrogens with zero attached hydrogens (tertiary/aromatic N) is 1. The summed E-state index contributed by atoms with van der Waals surface area (Å²) in [4.78, 5) is 13.2. The molecule has 3 rings (SSSR count). The van der Waals surface area contributed by atoms with Crippen molar-refractivity contribution in [1.29, 1.82) is 0 Å². The van der Waals surface area contributed by atoms with E-state index in [0.717, 1.165) is 31.2 Å². The van der Waals surface area contributed by atoms with Gasteiger partial charge in [0.1, 0.15) is 11.5 Å². The Morgan fingerprint density at radius 2 is 1.62 bits per heavy atom. The summed E-state index contributed by atoms with van der Waals surface area (Å²) in [5.74, 6) is 0.343. The lowest BCUT2D eigenvalue weighted by Crippen LogP contribution is -2.41. The number of phenolic OH excluding ortho intramolecular Hbond substituents is 2. The average molecular weight is 327 g/mol. The molecule has 0 saturated heterocycles. The molecule has 126 valence electrons. The third-order valence-electron chi connectivity index (χ3n) is 4.76. The lowest BCUT2D eigenvalue weighted by molar-refractivity contribution is 0.195.